The Morgan fingerprint density at radius 3 is 2.43 bits per heavy atom. The minimum atomic E-state index is -4.47. The lowest BCUT2D eigenvalue weighted by molar-refractivity contribution is -0.144. The molecule has 192 valence electrons. The first-order valence-electron chi connectivity index (χ1n) is 10.9. The molecule has 1 aliphatic rings. The second-order valence-corrected chi connectivity index (χ2v) is 8.61. The van der Waals surface area contributed by atoms with E-state index in [0.29, 0.717) is 24.2 Å². The number of alkyl halides is 6. The van der Waals surface area contributed by atoms with Gasteiger partial charge in [0.25, 0.3) is 0 Å². The number of rotatable bonds is 9. The topological polar surface area (TPSA) is 32.8 Å². The fourth-order valence-corrected chi connectivity index (χ4v) is 3.78. The number of amides is 1. The zero-order valence-electron chi connectivity index (χ0n) is 18.9. The number of hydrogen-bond acceptors (Lipinski definition) is 3. The summed E-state index contributed by atoms with van der Waals surface area (Å²) in [6, 6.07) is 8.86. The minimum Gasteiger partial charge on any atom is -0.489 e. The number of nitrogens with zero attached hydrogens (tertiary/aromatic N) is 2. The number of carbonyl (C=O) groups excluding carboxylic acids is 1. The third-order valence-electron chi connectivity index (χ3n) is 5.71. The first-order chi connectivity index (χ1) is 16.3. The van der Waals surface area contributed by atoms with Crippen molar-refractivity contribution < 1.29 is 40.3 Å². The van der Waals surface area contributed by atoms with Crippen molar-refractivity contribution in [2.45, 2.75) is 38.3 Å². The number of hydrogen-bond donors (Lipinski definition) is 0. The predicted octanol–water partition coefficient (Wildman–Crippen LogP) is 5.66. The van der Waals surface area contributed by atoms with E-state index in [1.165, 1.54) is 36.2 Å². The highest BCUT2D eigenvalue weighted by atomic mass is 19.4. The maximum atomic E-state index is 14.5. The predicted molar refractivity (Wildman–Crippen MR) is 114 cm³/mol. The van der Waals surface area contributed by atoms with Gasteiger partial charge in [-0.15, -0.1) is 0 Å². The molecule has 1 amide bonds. The first-order valence-corrected chi connectivity index (χ1v) is 10.9. The van der Waals surface area contributed by atoms with Crippen LogP contribution in [-0.4, -0.2) is 48.6 Å². The lowest BCUT2D eigenvalue weighted by Gasteiger charge is -2.40. The third kappa shape index (κ3) is 7.84. The lowest BCUT2D eigenvalue weighted by atomic mass is 9.97. The van der Waals surface area contributed by atoms with E-state index >= 15 is 0 Å². The molecule has 2 aromatic carbocycles. The number of carbonyl (C=O) groups is 1. The monoisotopic (exact) mass is 506 g/mol. The van der Waals surface area contributed by atoms with E-state index in [1.807, 2.05) is 4.90 Å². The van der Waals surface area contributed by atoms with Gasteiger partial charge in [-0.25, -0.2) is 4.39 Å². The maximum absolute atomic E-state index is 14.5. The summed E-state index contributed by atoms with van der Waals surface area (Å²) in [4.78, 5) is 15.5. The van der Waals surface area contributed by atoms with Crippen LogP contribution in [0.4, 0.5) is 30.7 Å². The molecule has 1 saturated heterocycles. The highest BCUT2D eigenvalue weighted by molar-refractivity contribution is 5.79. The molecule has 0 bridgehead atoms. The van der Waals surface area contributed by atoms with Crippen LogP contribution in [0.15, 0.2) is 42.5 Å². The van der Waals surface area contributed by atoms with Crippen LogP contribution in [-0.2, 0) is 24.1 Å². The molecule has 0 radical (unpaired) electrons. The molecule has 0 atom stereocenters. The number of ether oxygens (including phenoxy) is 1. The van der Waals surface area contributed by atoms with Crippen molar-refractivity contribution in [1.82, 2.24) is 9.80 Å². The van der Waals surface area contributed by atoms with Gasteiger partial charge in [-0.2, -0.15) is 26.3 Å². The van der Waals surface area contributed by atoms with E-state index in [-0.39, 0.29) is 43.7 Å². The number of halogens is 7. The SMILES string of the molecule is CN(CCCC(F)(F)F)C(=O)C1CN(Cc2ccc(OCc3cccc(C(F)(F)F)c3)cc2F)C1. The Kier molecular flexibility index (Phi) is 8.30. The zero-order valence-corrected chi connectivity index (χ0v) is 18.9. The number of benzene rings is 2. The summed E-state index contributed by atoms with van der Waals surface area (Å²) in [6.45, 7) is 0.840. The van der Waals surface area contributed by atoms with Crippen LogP contribution in [0.3, 0.4) is 0 Å². The van der Waals surface area contributed by atoms with E-state index in [4.69, 9.17) is 4.74 Å². The largest absolute Gasteiger partial charge is 0.489 e. The average Bonchev–Trinajstić information content (AvgIpc) is 2.74. The molecule has 0 N–H and O–H groups in total. The van der Waals surface area contributed by atoms with Gasteiger partial charge in [-0.3, -0.25) is 9.69 Å². The van der Waals surface area contributed by atoms with Crippen molar-refractivity contribution in [3.8, 4) is 5.75 Å². The van der Waals surface area contributed by atoms with Crippen molar-refractivity contribution in [2.75, 3.05) is 26.7 Å². The van der Waals surface area contributed by atoms with Crippen molar-refractivity contribution in [3.63, 3.8) is 0 Å². The molecule has 0 saturated carbocycles. The molecule has 4 nitrogen and oxygen atoms in total. The summed E-state index contributed by atoms with van der Waals surface area (Å²) in [5, 5.41) is 0. The molecular weight excluding hydrogens is 481 g/mol. The van der Waals surface area contributed by atoms with Crippen molar-refractivity contribution in [1.29, 1.82) is 0 Å². The van der Waals surface area contributed by atoms with E-state index in [0.717, 1.165) is 18.2 Å². The Morgan fingerprint density at radius 2 is 1.80 bits per heavy atom. The zero-order chi connectivity index (χ0) is 25.8. The summed E-state index contributed by atoms with van der Waals surface area (Å²) >= 11 is 0. The molecule has 1 heterocycles. The quantitative estimate of drug-likeness (QED) is 0.412. The highest BCUT2D eigenvalue weighted by Crippen LogP contribution is 2.30. The van der Waals surface area contributed by atoms with Gasteiger partial charge >= 0.3 is 12.4 Å². The third-order valence-corrected chi connectivity index (χ3v) is 5.71. The smallest absolute Gasteiger partial charge is 0.416 e. The number of likely N-dealkylation sites (tertiary alicyclic amines) is 1. The van der Waals surface area contributed by atoms with E-state index in [9.17, 15) is 35.5 Å². The second-order valence-electron chi connectivity index (χ2n) is 8.61. The second kappa shape index (κ2) is 10.8. The minimum absolute atomic E-state index is 0.0193. The molecule has 1 fully saturated rings. The molecule has 0 aliphatic carbocycles. The summed E-state index contributed by atoms with van der Waals surface area (Å²) < 4.78 is 95.1. The van der Waals surface area contributed by atoms with Gasteiger partial charge in [0.15, 0.2) is 0 Å². The van der Waals surface area contributed by atoms with Gasteiger partial charge in [0.05, 0.1) is 11.5 Å². The molecule has 3 rings (SSSR count). The Hall–Kier alpha value is -2.82. The van der Waals surface area contributed by atoms with Gasteiger partial charge in [-0.1, -0.05) is 18.2 Å². The van der Waals surface area contributed by atoms with Crippen LogP contribution in [0.1, 0.15) is 29.5 Å². The summed E-state index contributed by atoms with van der Waals surface area (Å²) in [7, 11) is 1.47. The maximum Gasteiger partial charge on any atom is 0.416 e. The van der Waals surface area contributed by atoms with E-state index in [2.05, 4.69) is 0 Å². The van der Waals surface area contributed by atoms with Gasteiger partial charge in [0.2, 0.25) is 5.91 Å². The van der Waals surface area contributed by atoms with Crippen LogP contribution in [0.25, 0.3) is 0 Å². The summed E-state index contributed by atoms with van der Waals surface area (Å²) in [5.41, 5.74) is -0.135. The molecule has 11 heteroatoms. The van der Waals surface area contributed by atoms with E-state index in [1.54, 1.807) is 0 Å². The van der Waals surface area contributed by atoms with Gasteiger partial charge in [0, 0.05) is 51.3 Å². The van der Waals surface area contributed by atoms with Crippen molar-refractivity contribution in [3.05, 3.63) is 65.0 Å². The molecule has 0 aromatic heterocycles. The Labute approximate surface area is 198 Å². The van der Waals surface area contributed by atoms with Gasteiger partial charge in [-0.05, 0) is 30.2 Å². The van der Waals surface area contributed by atoms with Crippen LogP contribution in [0, 0.1) is 11.7 Å². The Morgan fingerprint density at radius 1 is 1.09 bits per heavy atom. The van der Waals surface area contributed by atoms with Gasteiger partial charge in [0.1, 0.15) is 18.2 Å². The van der Waals surface area contributed by atoms with Crippen LogP contribution in [0.2, 0.25) is 0 Å². The molecular formula is C24H25F7N2O2. The molecule has 35 heavy (non-hydrogen) atoms. The van der Waals surface area contributed by atoms with Crippen molar-refractivity contribution >= 4 is 5.91 Å². The average molecular weight is 506 g/mol. The standard InChI is InChI=1S/C24H25F7N2O2/c1-32(9-3-8-23(26,27)28)22(34)18-13-33(14-18)12-17-6-7-20(11-21(17)25)35-15-16-4-2-5-19(10-16)24(29,30)31/h2,4-7,10-11,18H,3,8-9,12-15H2,1H3. The normalized spacial score (nSPS) is 15.1. The van der Waals surface area contributed by atoms with Gasteiger partial charge < -0.3 is 9.64 Å². The Bertz CT molecular complexity index is 1020. The van der Waals surface area contributed by atoms with Crippen LogP contribution >= 0.6 is 0 Å². The molecule has 2 aromatic rings. The molecule has 1 aliphatic heterocycles. The molecule has 0 unspecified atom stereocenters. The fraction of sp³-hybridized carbons (Fsp3) is 0.458. The summed E-state index contributed by atoms with van der Waals surface area (Å²) in [6.07, 6.45) is -9.82. The molecule has 0 spiro atoms. The lowest BCUT2D eigenvalue weighted by Crippen LogP contribution is -2.53. The van der Waals surface area contributed by atoms with E-state index < -0.39 is 30.2 Å². The first kappa shape index (κ1) is 26.8. The van der Waals surface area contributed by atoms with Crippen molar-refractivity contribution in [2.24, 2.45) is 5.92 Å². The highest BCUT2D eigenvalue weighted by Gasteiger charge is 2.35. The summed E-state index contributed by atoms with van der Waals surface area (Å²) in [5.74, 6) is -0.961. The Balaban J connectivity index is 1.45. The fourth-order valence-electron chi connectivity index (χ4n) is 3.78. The van der Waals surface area contributed by atoms with Crippen LogP contribution in [0.5, 0.6) is 5.75 Å². The van der Waals surface area contributed by atoms with Crippen LogP contribution < -0.4 is 4.74 Å².